The number of hydrogen-bond donors (Lipinski definition) is 1. The van der Waals surface area contributed by atoms with Gasteiger partial charge in [0.2, 0.25) is 5.91 Å². The molecule has 4 heteroatoms. The minimum atomic E-state index is 0.158. The number of carbonyl (C=O) groups is 1. The fourth-order valence-corrected chi connectivity index (χ4v) is 3.24. The third-order valence-electron chi connectivity index (χ3n) is 4.97. The summed E-state index contributed by atoms with van der Waals surface area (Å²) < 4.78 is 5.82. The first-order valence-corrected chi connectivity index (χ1v) is 8.35. The lowest BCUT2D eigenvalue weighted by molar-refractivity contribution is -0.136. The number of nitrogens with zero attached hydrogens (tertiary/aromatic N) is 1. The summed E-state index contributed by atoms with van der Waals surface area (Å²) in [6.07, 6.45) is 1.07. The van der Waals surface area contributed by atoms with Gasteiger partial charge in [-0.25, -0.2) is 0 Å². The maximum absolute atomic E-state index is 12.5. The average molecular weight is 302 g/mol. The molecule has 0 aliphatic carbocycles. The van der Waals surface area contributed by atoms with Gasteiger partial charge in [0.1, 0.15) is 0 Å². The topological polar surface area (TPSA) is 41.6 Å². The molecule has 1 amide bonds. The number of benzene rings is 1. The summed E-state index contributed by atoms with van der Waals surface area (Å²) in [5, 5.41) is 3.25. The smallest absolute Gasteiger partial charge is 0.225 e. The standard InChI is InChI=1S/C18H26N2O2/c1-14(17-9-19-10-17)18(21)20-8-7-16(11-20)13-22-12-15-5-3-2-4-6-15/h2-6,14,16-17,19H,7-13H2,1H3. The monoisotopic (exact) mass is 302 g/mol. The van der Waals surface area contributed by atoms with Gasteiger partial charge in [0.25, 0.3) is 0 Å². The SMILES string of the molecule is CC(C(=O)N1CCC(COCc2ccccc2)C1)C1CNC1. The highest BCUT2D eigenvalue weighted by atomic mass is 16.5. The summed E-state index contributed by atoms with van der Waals surface area (Å²) in [4.78, 5) is 14.5. The number of hydrogen-bond acceptors (Lipinski definition) is 3. The van der Waals surface area contributed by atoms with Gasteiger partial charge in [0, 0.05) is 24.9 Å². The second-order valence-corrected chi connectivity index (χ2v) is 6.65. The first-order chi connectivity index (χ1) is 10.7. The number of carbonyl (C=O) groups excluding carboxylic acids is 1. The summed E-state index contributed by atoms with van der Waals surface area (Å²) in [6, 6.07) is 10.2. The first-order valence-electron chi connectivity index (χ1n) is 8.35. The van der Waals surface area contributed by atoms with Crippen LogP contribution in [0.5, 0.6) is 0 Å². The molecule has 1 aromatic carbocycles. The highest BCUT2D eigenvalue weighted by Crippen LogP contribution is 2.23. The van der Waals surface area contributed by atoms with Crippen LogP contribution in [0, 0.1) is 17.8 Å². The molecule has 0 aromatic heterocycles. The number of amides is 1. The molecule has 2 aliphatic heterocycles. The predicted molar refractivity (Wildman–Crippen MR) is 86.3 cm³/mol. The van der Waals surface area contributed by atoms with Gasteiger partial charge in [-0.1, -0.05) is 37.3 Å². The van der Waals surface area contributed by atoms with Crippen molar-refractivity contribution in [3.05, 3.63) is 35.9 Å². The Kier molecular flexibility index (Phi) is 5.11. The van der Waals surface area contributed by atoms with Crippen molar-refractivity contribution in [2.24, 2.45) is 17.8 Å². The number of nitrogens with one attached hydrogen (secondary N) is 1. The summed E-state index contributed by atoms with van der Waals surface area (Å²) in [7, 11) is 0. The van der Waals surface area contributed by atoms with E-state index >= 15 is 0 Å². The fraction of sp³-hybridized carbons (Fsp3) is 0.611. The van der Waals surface area contributed by atoms with E-state index in [0.717, 1.165) is 39.2 Å². The number of likely N-dealkylation sites (tertiary alicyclic amines) is 1. The molecule has 1 aromatic rings. The molecule has 4 nitrogen and oxygen atoms in total. The Bertz CT molecular complexity index is 487. The summed E-state index contributed by atoms with van der Waals surface area (Å²) in [6.45, 7) is 7.22. The number of rotatable bonds is 6. The van der Waals surface area contributed by atoms with Crippen LogP contribution in [0.2, 0.25) is 0 Å². The maximum atomic E-state index is 12.5. The van der Waals surface area contributed by atoms with Crippen molar-refractivity contribution < 1.29 is 9.53 Å². The second-order valence-electron chi connectivity index (χ2n) is 6.65. The van der Waals surface area contributed by atoms with Crippen LogP contribution in [0.3, 0.4) is 0 Å². The Balaban J connectivity index is 1.39. The third-order valence-corrected chi connectivity index (χ3v) is 4.97. The summed E-state index contributed by atoms with van der Waals surface area (Å²) >= 11 is 0. The van der Waals surface area contributed by atoms with E-state index in [1.807, 2.05) is 23.1 Å². The molecule has 120 valence electrons. The van der Waals surface area contributed by atoms with Gasteiger partial charge in [-0.15, -0.1) is 0 Å². The van der Waals surface area contributed by atoms with Crippen LogP contribution < -0.4 is 5.32 Å². The Morgan fingerprint density at radius 1 is 1.36 bits per heavy atom. The van der Waals surface area contributed by atoms with Crippen molar-refractivity contribution in [3.63, 3.8) is 0 Å². The molecule has 0 bridgehead atoms. The average Bonchev–Trinajstić information content (AvgIpc) is 2.94. The van der Waals surface area contributed by atoms with Crippen LogP contribution in [0.1, 0.15) is 18.9 Å². The van der Waals surface area contributed by atoms with Gasteiger partial charge in [0.15, 0.2) is 0 Å². The van der Waals surface area contributed by atoms with Crippen molar-refractivity contribution in [3.8, 4) is 0 Å². The van der Waals surface area contributed by atoms with E-state index in [1.54, 1.807) is 0 Å². The van der Waals surface area contributed by atoms with E-state index < -0.39 is 0 Å². The molecular formula is C18H26N2O2. The van der Waals surface area contributed by atoms with Crippen molar-refractivity contribution in [2.45, 2.75) is 20.0 Å². The lowest BCUT2D eigenvalue weighted by Gasteiger charge is -2.34. The Morgan fingerprint density at radius 3 is 2.82 bits per heavy atom. The molecule has 3 rings (SSSR count). The summed E-state index contributed by atoms with van der Waals surface area (Å²) in [5.74, 6) is 1.50. The molecule has 2 saturated heterocycles. The van der Waals surface area contributed by atoms with Crippen LogP contribution in [0.15, 0.2) is 30.3 Å². The molecule has 2 unspecified atom stereocenters. The highest BCUT2D eigenvalue weighted by molar-refractivity contribution is 5.79. The van der Waals surface area contributed by atoms with E-state index in [4.69, 9.17) is 4.74 Å². The minimum Gasteiger partial charge on any atom is -0.376 e. The van der Waals surface area contributed by atoms with Crippen LogP contribution >= 0.6 is 0 Å². The lowest BCUT2D eigenvalue weighted by Crippen LogP contribution is -2.50. The Labute approximate surface area is 132 Å². The molecule has 2 fully saturated rings. The van der Waals surface area contributed by atoms with Gasteiger partial charge in [-0.3, -0.25) is 4.79 Å². The van der Waals surface area contributed by atoms with Crippen LogP contribution in [-0.2, 0) is 16.1 Å². The molecule has 0 saturated carbocycles. The van der Waals surface area contributed by atoms with Gasteiger partial charge in [0.05, 0.1) is 13.2 Å². The summed E-state index contributed by atoms with van der Waals surface area (Å²) in [5.41, 5.74) is 1.21. The fourth-order valence-electron chi connectivity index (χ4n) is 3.24. The van der Waals surface area contributed by atoms with Crippen molar-refractivity contribution in [2.75, 3.05) is 32.8 Å². The predicted octanol–water partition coefficient (Wildman–Crippen LogP) is 1.91. The van der Waals surface area contributed by atoms with Crippen molar-refractivity contribution in [1.29, 1.82) is 0 Å². The normalized spacial score (nSPS) is 23.3. The molecule has 2 aliphatic rings. The van der Waals surface area contributed by atoms with E-state index in [-0.39, 0.29) is 5.92 Å². The second kappa shape index (κ2) is 7.25. The molecule has 22 heavy (non-hydrogen) atoms. The Hall–Kier alpha value is -1.39. The van der Waals surface area contributed by atoms with E-state index in [9.17, 15) is 4.79 Å². The van der Waals surface area contributed by atoms with Crippen LogP contribution in [0.25, 0.3) is 0 Å². The zero-order valence-corrected chi connectivity index (χ0v) is 13.3. The van der Waals surface area contributed by atoms with Crippen LogP contribution in [-0.4, -0.2) is 43.6 Å². The molecular weight excluding hydrogens is 276 g/mol. The molecule has 0 spiro atoms. The van der Waals surface area contributed by atoms with Crippen molar-refractivity contribution in [1.82, 2.24) is 10.2 Å². The minimum absolute atomic E-state index is 0.158. The van der Waals surface area contributed by atoms with E-state index in [0.29, 0.717) is 24.3 Å². The largest absolute Gasteiger partial charge is 0.376 e. The highest BCUT2D eigenvalue weighted by Gasteiger charge is 2.34. The van der Waals surface area contributed by atoms with Crippen molar-refractivity contribution >= 4 is 5.91 Å². The van der Waals surface area contributed by atoms with Gasteiger partial charge < -0.3 is 15.0 Å². The molecule has 0 radical (unpaired) electrons. The van der Waals surface area contributed by atoms with E-state index in [1.165, 1.54) is 5.56 Å². The molecule has 1 N–H and O–H groups in total. The Morgan fingerprint density at radius 2 is 2.14 bits per heavy atom. The van der Waals surface area contributed by atoms with Gasteiger partial charge in [-0.05, 0) is 31.0 Å². The maximum Gasteiger partial charge on any atom is 0.225 e. The van der Waals surface area contributed by atoms with Crippen LogP contribution in [0.4, 0.5) is 0 Å². The quantitative estimate of drug-likeness (QED) is 0.873. The number of ether oxygens (including phenoxy) is 1. The third kappa shape index (κ3) is 3.68. The van der Waals surface area contributed by atoms with Gasteiger partial charge >= 0.3 is 0 Å². The van der Waals surface area contributed by atoms with Gasteiger partial charge in [-0.2, -0.15) is 0 Å². The molecule has 2 heterocycles. The van der Waals surface area contributed by atoms with E-state index in [2.05, 4.69) is 24.4 Å². The zero-order chi connectivity index (χ0) is 15.4. The first kappa shape index (κ1) is 15.5. The molecule has 2 atom stereocenters. The lowest BCUT2D eigenvalue weighted by atomic mass is 9.88. The zero-order valence-electron chi connectivity index (χ0n) is 13.3.